The van der Waals surface area contributed by atoms with Gasteiger partial charge in [-0.1, -0.05) is 35.9 Å². The number of nitrogens with zero attached hydrogens (tertiary/aromatic N) is 1. The molecule has 108 valence electrons. The van der Waals surface area contributed by atoms with Gasteiger partial charge in [-0.3, -0.25) is 0 Å². The summed E-state index contributed by atoms with van der Waals surface area (Å²) in [6, 6.07) is 9.67. The van der Waals surface area contributed by atoms with Crippen LogP contribution in [-0.2, 0) is 10.0 Å². The highest BCUT2D eigenvalue weighted by Gasteiger charge is 2.03. The monoisotopic (exact) mass is 313 g/mol. The van der Waals surface area contributed by atoms with Crippen molar-refractivity contribution < 1.29 is 8.42 Å². The van der Waals surface area contributed by atoms with Crippen LogP contribution in [0.1, 0.15) is 6.42 Å². The SMILES string of the molecule is CS(=O)(=O)NCCCNc1cc2ccccc2c(Cl)n1. The number of fused-ring (bicyclic) bond motifs is 1. The molecule has 1 aromatic heterocycles. The second-order valence-electron chi connectivity index (χ2n) is 4.47. The van der Waals surface area contributed by atoms with Crippen LogP contribution in [0.2, 0.25) is 5.15 Å². The Morgan fingerprint density at radius 1 is 1.25 bits per heavy atom. The number of pyridine rings is 1. The molecule has 0 saturated heterocycles. The minimum Gasteiger partial charge on any atom is -0.370 e. The summed E-state index contributed by atoms with van der Waals surface area (Å²) < 4.78 is 24.2. The molecule has 20 heavy (non-hydrogen) atoms. The van der Waals surface area contributed by atoms with Gasteiger partial charge in [0, 0.05) is 18.5 Å². The largest absolute Gasteiger partial charge is 0.370 e. The van der Waals surface area contributed by atoms with E-state index in [2.05, 4.69) is 15.0 Å². The molecule has 0 saturated carbocycles. The van der Waals surface area contributed by atoms with Crippen molar-refractivity contribution in [3.8, 4) is 0 Å². The van der Waals surface area contributed by atoms with E-state index in [1.807, 2.05) is 30.3 Å². The summed E-state index contributed by atoms with van der Waals surface area (Å²) in [7, 11) is -3.12. The Labute approximate surface area is 123 Å². The van der Waals surface area contributed by atoms with E-state index in [1.54, 1.807) is 0 Å². The predicted molar refractivity (Wildman–Crippen MR) is 82.7 cm³/mol. The first-order chi connectivity index (χ1) is 9.46. The topological polar surface area (TPSA) is 71.1 Å². The van der Waals surface area contributed by atoms with Crippen molar-refractivity contribution in [1.82, 2.24) is 9.71 Å². The lowest BCUT2D eigenvalue weighted by Crippen LogP contribution is -2.24. The van der Waals surface area contributed by atoms with Crippen molar-refractivity contribution in [2.45, 2.75) is 6.42 Å². The number of hydrogen-bond acceptors (Lipinski definition) is 4. The van der Waals surface area contributed by atoms with Gasteiger partial charge in [0.05, 0.1) is 6.26 Å². The second-order valence-corrected chi connectivity index (χ2v) is 6.66. The number of aromatic nitrogens is 1. The molecule has 0 aliphatic carbocycles. The summed E-state index contributed by atoms with van der Waals surface area (Å²) in [5.41, 5.74) is 0. The molecule has 0 bridgehead atoms. The van der Waals surface area contributed by atoms with E-state index in [-0.39, 0.29) is 0 Å². The van der Waals surface area contributed by atoms with Crippen LogP contribution in [0.3, 0.4) is 0 Å². The molecule has 2 aromatic rings. The maximum atomic E-state index is 10.9. The predicted octanol–water partition coefficient (Wildman–Crippen LogP) is 2.24. The first-order valence-electron chi connectivity index (χ1n) is 6.19. The number of hydrogen-bond donors (Lipinski definition) is 2. The number of anilines is 1. The third kappa shape index (κ3) is 4.33. The lowest BCUT2D eigenvalue weighted by molar-refractivity contribution is 0.586. The number of benzene rings is 1. The van der Waals surface area contributed by atoms with Gasteiger partial charge in [-0.15, -0.1) is 0 Å². The molecule has 0 atom stereocenters. The average molecular weight is 314 g/mol. The van der Waals surface area contributed by atoms with Crippen molar-refractivity contribution in [1.29, 1.82) is 0 Å². The minimum absolute atomic E-state index is 0.396. The quantitative estimate of drug-likeness (QED) is 0.634. The number of halogens is 1. The Morgan fingerprint density at radius 3 is 2.75 bits per heavy atom. The molecular weight excluding hydrogens is 298 g/mol. The molecule has 1 aromatic carbocycles. The van der Waals surface area contributed by atoms with Crippen molar-refractivity contribution >= 4 is 38.2 Å². The molecule has 0 aliphatic rings. The normalized spacial score (nSPS) is 11.7. The Morgan fingerprint density at radius 2 is 2.00 bits per heavy atom. The van der Waals surface area contributed by atoms with Crippen molar-refractivity contribution in [2.24, 2.45) is 0 Å². The van der Waals surface area contributed by atoms with Crippen LogP contribution in [0.5, 0.6) is 0 Å². The molecule has 5 nitrogen and oxygen atoms in total. The first kappa shape index (κ1) is 15.0. The molecule has 0 unspecified atom stereocenters. The van der Waals surface area contributed by atoms with E-state index in [4.69, 9.17) is 11.6 Å². The molecule has 7 heteroatoms. The van der Waals surface area contributed by atoms with Crippen LogP contribution < -0.4 is 10.0 Å². The molecule has 0 spiro atoms. The van der Waals surface area contributed by atoms with Gasteiger partial charge < -0.3 is 5.32 Å². The van der Waals surface area contributed by atoms with Crippen molar-refractivity contribution in [2.75, 3.05) is 24.7 Å². The van der Waals surface area contributed by atoms with Gasteiger partial charge in [-0.05, 0) is 17.9 Å². The Bertz CT molecular complexity index is 704. The Balaban J connectivity index is 1.94. The summed E-state index contributed by atoms with van der Waals surface area (Å²) in [5.74, 6) is 0.688. The van der Waals surface area contributed by atoms with Gasteiger partial charge in [-0.25, -0.2) is 18.1 Å². The van der Waals surface area contributed by atoms with E-state index in [0.717, 1.165) is 17.0 Å². The number of nitrogens with one attached hydrogen (secondary N) is 2. The summed E-state index contributed by atoms with van der Waals surface area (Å²) in [6.45, 7) is 1.01. The van der Waals surface area contributed by atoms with Crippen molar-refractivity contribution in [3.63, 3.8) is 0 Å². The lowest BCUT2D eigenvalue weighted by Gasteiger charge is -2.08. The van der Waals surface area contributed by atoms with E-state index in [9.17, 15) is 8.42 Å². The molecule has 0 fully saturated rings. The maximum absolute atomic E-state index is 10.9. The van der Waals surface area contributed by atoms with E-state index in [0.29, 0.717) is 30.5 Å². The van der Waals surface area contributed by atoms with Crippen LogP contribution >= 0.6 is 11.6 Å². The highest BCUT2D eigenvalue weighted by molar-refractivity contribution is 7.88. The third-order valence-corrected chi connectivity index (χ3v) is 3.73. The van der Waals surface area contributed by atoms with Crippen molar-refractivity contribution in [3.05, 3.63) is 35.5 Å². The summed E-state index contributed by atoms with van der Waals surface area (Å²) >= 11 is 6.12. The number of rotatable bonds is 6. The molecular formula is C13H16ClN3O2S. The van der Waals surface area contributed by atoms with Crippen LogP contribution in [0, 0.1) is 0 Å². The minimum atomic E-state index is -3.12. The second kappa shape index (κ2) is 6.39. The number of sulfonamides is 1. The maximum Gasteiger partial charge on any atom is 0.208 e. The van der Waals surface area contributed by atoms with Crippen LogP contribution in [-0.4, -0.2) is 32.7 Å². The van der Waals surface area contributed by atoms with Gasteiger partial charge in [-0.2, -0.15) is 0 Å². The lowest BCUT2D eigenvalue weighted by atomic mass is 10.2. The highest BCUT2D eigenvalue weighted by atomic mass is 35.5. The zero-order chi connectivity index (χ0) is 14.6. The van der Waals surface area contributed by atoms with Crippen LogP contribution in [0.25, 0.3) is 10.8 Å². The average Bonchev–Trinajstić information content (AvgIpc) is 2.37. The van der Waals surface area contributed by atoms with Crippen LogP contribution in [0.15, 0.2) is 30.3 Å². The Kier molecular flexibility index (Phi) is 4.80. The van der Waals surface area contributed by atoms with Gasteiger partial charge >= 0.3 is 0 Å². The van der Waals surface area contributed by atoms with Crippen LogP contribution in [0.4, 0.5) is 5.82 Å². The fourth-order valence-electron chi connectivity index (χ4n) is 1.81. The van der Waals surface area contributed by atoms with E-state index < -0.39 is 10.0 Å². The summed E-state index contributed by atoms with van der Waals surface area (Å²) in [6.07, 6.45) is 1.81. The van der Waals surface area contributed by atoms with Gasteiger partial charge in [0.15, 0.2) is 0 Å². The van der Waals surface area contributed by atoms with Gasteiger partial charge in [0.2, 0.25) is 10.0 Å². The smallest absolute Gasteiger partial charge is 0.208 e. The zero-order valence-corrected chi connectivity index (χ0v) is 12.6. The molecule has 2 N–H and O–H groups in total. The Hall–Kier alpha value is -1.37. The fourth-order valence-corrected chi connectivity index (χ4v) is 2.59. The zero-order valence-electron chi connectivity index (χ0n) is 11.1. The van der Waals surface area contributed by atoms with Gasteiger partial charge in [0.1, 0.15) is 11.0 Å². The highest BCUT2D eigenvalue weighted by Crippen LogP contribution is 2.24. The molecule has 2 rings (SSSR count). The molecule has 0 aliphatic heterocycles. The molecule has 0 radical (unpaired) electrons. The standard InChI is InChI=1S/C13H16ClN3O2S/c1-20(18,19)16-8-4-7-15-12-9-10-5-2-3-6-11(10)13(14)17-12/h2-3,5-6,9,16H,4,7-8H2,1H3,(H,15,17). The summed E-state index contributed by atoms with van der Waals surface area (Å²) in [5, 5.41) is 5.52. The fraction of sp³-hybridized carbons (Fsp3) is 0.308. The molecule has 1 heterocycles. The first-order valence-corrected chi connectivity index (χ1v) is 8.46. The van der Waals surface area contributed by atoms with E-state index >= 15 is 0 Å². The molecule has 0 amide bonds. The summed E-state index contributed by atoms with van der Waals surface area (Å²) in [4.78, 5) is 4.26. The third-order valence-electron chi connectivity index (χ3n) is 2.72. The van der Waals surface area contributed by atoms with E-state index in [1.165, 1.54) is 0 Å². The van der Waals surface area contributed by atoms with Gasteiger partial charge in [0.25, 0.3) is 0 Å².